The molecule has 0 radical (unpaired) electrons. The number of phosphoric acid groups is 1. The van der Waals surface area contributed by atoms with Crippen LogP contribution in [0.3, 0.4) is 0 Å². The van der Waals surface area contributed by atoms with Gasteiger partial charge in [-0.15, -0.1) is 0 Å². The quantitative estimate of drug-likeness (QED) is 0.517. The van der Waals surface area contributed by atoms with Crippen molar-refractivity contribution in [2.75, 3.05) is 20.3 Å². The second-order valence-corrected chi connectivity index (χ2v) is 8.11. The summed E-state index contributed by atoms with van der Waals surface area (Å²) >= 11 is 0. The molecule has 1 unspecified atom stereocenters. The van der Waals surface area contributed by atoms with Gasteiger partial charge < -0.3 is 19.7 Å². The molecule has 9 nitrogen and oxygen atoms in total. The summed E-state index contributed by atoms with van der Waals surface area (Å²) in [5.74, 6) is -1.85. The molecule has 1 saturated carbocycles. The van der Waals surface area contributed by atoms with E-state index in [1.165, 1.54) is 0 Å². The number of rotatable bonds is 7. The number of fused-ring (bicyclic) bond motifs is 1. The zero-order valence-corrected chi connectivity index (χ0v) is 16.9. The normalized spacial score (nSPS) is 33.2. The van der Waals surface area contributed by atoms with Crippen LogP contribution in [0.25, 0.3) is 0 Å². The molecule has 10 heteroatoms. The van der Waals surface area contributed by atoms with Crippen molar-refractivity contribution in [2.24, 2.45) is 5.92 Å². The summed E-state index contributed by atoms with van der Waals surface area (Å²) in [5.41, 5.74) is 0.729. The molecule has 0 bridgehead atoms. The monoisotopic (exact) mass is 430 g/mol. The summed E-state index contributed by atoms with van der Waals surface area (Å²) in [6.45, 7) is -3.17. The average molecular weight is 430 g/mol. The van der Waals surface area contributed by atoms with Gasteiger partial charge in [-0.25, -0.2) is 9.59 Å². The number of esters is 1. The second-order valence-electron chi connectivity index (χ2n) is 6.59. The van der Waals surface area contributed by atoms with Crippen molar-refractivity contribution >= 4 is 20.2 Å². The average Bonchev–Trinajstić information content (AvgIpc) is 2.74. The van der Waals surface area contributed by atoms with Crippen LogP contribution in [0.15, 0.2) is 30.3 Å². The first kappa shape index (κ1) is 18.0. The molecule has 1 N–H and O–H groups in total. The van der Waals surface area contributed by atoms with Crippen LogP contribution in [0, 0.1) is 5.92 Å². The first-order valence-electron chi connectivity index (χ1n) is 10.8. The highest BCUT2D eigenvalue weighted by molar-refractivity contribution is 7.54. The molecular formula is C19H26NO8P. The predicted octanol–water partition coefficient (Wildman–Crippen LogP) is 2.11. The topological polar surface area (TPSA) is 115 Å². The molecule has 1 aromatic carbocycles. The first-order valence-corrected chi connectivity index (χ1v) is 10.7. The Bertz CT molecular complexity index is 819. The third kappa shape index (κ3) is 6.35. The van der Waals surface area contributed by atoms with E-state index in [0.29, 0.717) is 19.3 Å². The molecule has 2 fully saturated rings. The van der Waals surface area contributed by atoms with E-state index >= 15 is 0 Å². The maximum absolute atomic E-state index is 13.0. The molecule has 1 aromatic rings. The van der Waals surface area contributed by atoms with Crippen LogP contribution < -0.4 is 10.2 Å². The molecule has 3 rings (SSSR count). The maximum atomic E-state index is 13.0. The minimum absolute atomic E-state index is 0.0465. The third-order valence-electron chi connectivity index (χ3n) is 4.48. The SMILES string of the molecule is [2H]C1([2H])O[P+]([O-])(OC[C@H](NC(=O)OCc2ccccc2)C(=O)OC)O[C@]2([2H])CCCC[C@@H]12. The Morgan fingerprint density at radius 3 is 2.90 bits per heavy atom. The highest BCUT2D eigenvalue weighted by atomic mass is 31.2. The molecule has 0 spiro atoms. The number of ether oxygens (including phenoxy) is 2. The van der Waals surface area contributed by atoms with Gasteiger partial charge in [-0.3, -0.25) is 0 Å². The van der Waals surface area contributed by atoms with Crippen LogP contribution in [0.2, 0.25) is 0 Å². The number of hydrogen-bond acceptors (Lipinski definition) is 8. The van der Waals surface area contributed by atoms with Crippen molar-refractivity contribution in [2.45, 2.75) is 44.4 Å². The van der Waals surface area contributed by atoms with Crippen molar-refractivity contribution in [1.29, 1.82) is 0 Å². The van der Waals surface area contributed by atoms with E-state index in [9.17, 15) is 14.5 Å². The largest absolute Gasteiger partial charge is 0.606 e. The molecule has 1 aliphatic carbocycles. The van der Waals surface area contributed by atoms with E-state index in [0.717, 1.165) is 12.7 Å². The zero-order valence-electron chi connectivity index (χ0n) is 19.0. The van der Waals surface area contributed by atoms with Gasteiger partial charge in [-0.1, -0.05) is 43.2 Å². The van der Waals surface area contributed by atoms with E-state index in [4.69, 9.17) is 22.4 Å². The van der Waals surface area contributed by atoms with Crippen LogP contribution in [-0.4, -0.2) is 44.5 Å². The molecule has 0 aromatic heterocycles. The van der Waals surface area contributed by atoms with E-state index < -0.39 is 51.4 Å². The lowest BCUT2D eigenvalue weighted by atomic mass is 9.87. The number of methoxy groups -OCH3 is 1. The summed E-state index contributed by atoms with van der Waals surface area (Å²) < 4.78 is 49.8. The summed E-state index contributed by atoms with van der Waals surface area (Å²) in [5, 5.41) is 2.25. The standard InChI is InChI=1S/C19H26NO8P/c1-24-18(21)16(20-19(22)25-11-14-7-3-2-4-8-14)13-27-29(23)26-12-15-9-5-6-10-17(15)28-29/h2-4,7-8,15-17H,5-6,9-13H2,1H3,(H,20,22)/t15-,16-,17+,29?/m0/s1/i12D2,17D. The third-order valence-corrected chi connectivity index (χ3v) is 5.73. The Labute approximate surface area is 174 Å². The summed E-state index contributed by atoms with van der Waals surface area (Å²) in [6, 6.07) is 7.43. The summed E-state index contributed by atoms with van der Waals surface area (Å²) in [6.07, 6.45) is -0.916. The van der Waals surface area contributed by atoms with Crippen LogP contribution in [0.4, 0.5) is 4.79 Å². The van der Waals surface area contributed by atoms with Crippen molar-refractivity contribution in [3.05, 3.63) is 35.9 Å². The molecular weight excluding hydrogens is 401 g/mol. The van der Waals surface area contributed by atoms with E-state index in [2.05, 4.69) is 10.1 Å². The van der Waals surface area contributed by atoms with Gasteiger partial charge in [0.25, 0.3) is 0 Å². The van der Waals surface area contributed by atoms with Crippen molar-refractivity contribution in [3.63, 3.8) is 0 Å². The Morgan fingerprint density at radius 1 is 1.38 bits per heavy atom. The van der Waals surface area contributed by atoms with Gasteiger partial charge in [0.2, 0.25) is 0 Å². The Hall–Kier alpha value is -1.77. The predicted molar refractivity (Wildman–Crippen MR) is 101 cm³/mol. The molecule has 1 saturated heterocycles. The fourth-order valence-corrected chi connectivity index (χ4v) is 4.18. The lowest BCUT2D eigenvalue weighted by molar-refractivity contribution is -0.268. The fourth-order valence-electron chi connectivity index (χ4n) is 2.94. The number of nitrogens with one attached hydrogen (secondary N) is 1. The Balaban J connectivity index is 1.61. The number of carbonyl (C=O) groups excluding carboxylic acids is 2. The Kier molecular flexibility index (Phi) is 6.42. The number of amides is 1. The summed E-state index contributed by atoms with van der Waals surface area (Å²) in [4.78, 5) is 37.2. The first-order chi connectivity index (χ1) is 15.1. The number of hydrogen-bond donors (Lipinski definition) is 1. The number of phosphoric ester groups is 1. The van der Waals surface area contributed by atoms with E-state index in [1.54, 1.807) is 24.3 Å². The molecule has 1 amide bonds. The van der Waals surface area contributed by atoms with Crippen LogP contribution in [0.5, 0.6) is 0 Å². The number of benzene rings is 1. The molecule has 2 aliphatic rings. The van der Waals surface area contributed by atoms with Gasteiger partial charge in [-0.2, -0.15) is 13.6 Å². The smallest absolute Gasteiger partial charge is 0.408 e. The molecule has 1 heterocycles. The highest BCUT2D eigenvalue weighted by Crippen LogP contribution is 2.59. The van der Waals surface area contributed by atoms with E-state index in [1.807, 2.05) is 6.07 Å². The fraction of sp³-hybridized carbons (Fsp3) is 0.579. The molecule has 160 valence electrons. The van der Waals surface area contributed by atoms with Crippen LogP contribution >= 0.6 is 8.17 Å². The van der Waals surface area contributed by atoms with Gasteiger partial charge >= 0.3 is 20.2 Å². The van der Waals surface area contributed by atoms with Gasteiger partial charge in [-0.05, 0) is 18.4 Å². The Morgan fingerprint density at radius 2 is 2.14 bits per heavy atom. The number of carbonyl (C=O) groups is 2. The van der Waals surface area contributed by atoms with Crippen LogP contribution in [0.1, 0.15) is 35.4 Å². The highest BCUT2D eigenvalue weighted by Gasteiger charge is 2.47. The van der Waals surface area contributed by atoms with Crippen molar-refractivity contribution in [3.8, 4) is 0 Å². The molecule has 1 aliphatic heterocycles. The van der Waals surface area contributed by atoms with Gasteiger partial charge in [0.05, 0.1) is 11.2 Å². The minimum Gasteiger partial charge on any atom is -0.606 e. The minimum atomic E-state index is -4.56. The van der Waals surface area contributed by atoms with Gasteiger partial charge in [0.1, 0.15) is 25.9 Å². The molecule has 29 heavy (non-hydrogen) atoms. The molecule has 4 atom stereocenters. The summed E-state index contributed by atoms with van der Waals surface area (Å²) in [7, 11) is -3.47. The van der Waals surface area contributed by atoms with E-state index in [-0.39, 0.29) is 13.0 Å². The lowest BCUT2D eigenvalue weighted by Crippen LogP contribution is -2.46. The lowest BCUT2D eigenvalue weighted by Gasteiger charge is -2.39. The number of alkyl carbamates (subject to hydrolysis) is 1. The van der Waals surface area contributed by atoms with Crippen LogP contribution in [-0.2, 0) is 34.4 Å². The van der Waals surface area contributed by atoms with Crippen molar-refractivity contribution in [1.82, 2.24) is 5.32 Å². The maximum Gasteiger partial charge on any atom is 0.408 e. The van der Waals surface area contributed by atoms with Gasteiger partial charge in [0.15, 0.2) is 6.04 Å². The van der Waals surface area contributed by atoms with Crippen molar-refractivity contribution < 1.29 is 41.6 Å². The van der Waals surface area contributed by atoms with Gasteiger partial charge in [0, 0.05) is 5.92 Å². The second kappa shape index (κ2) is 10.3. The zero-order chi connectivity index (χ0) is 23.4.